The SMILES string of the molecule is CC(CNC(=O)C(c1ccccc1)N1CCCCC1=O)C(=O)O. The van der Waals surface area contributed by atoms with Crippen LogP contribution in [0.4, 0.5) is 0 Å². The van der Waals surface area contributed by atoms with Crippen LogP contribution in [0.2, 0.25) is 0 Å². The Kier molecular flexibility index (Phi) is 5.73. The number of carboxylic acid groups (broad SMARTS) is 1. The number of nitrogens with one attached hydrogen (secondary N) is 1. The van der Waals surface area contributed by atoms with E-state index in [1.165, 1.54) is 6.92 Å². The van der Waals surface area contributed by atoms with Gasteiger partial charge in [-0.1, -0.05) is 37.3 Å². The molecular weight excluding hydrogens is 296 g/mol. The summed E-state index contributed by atoms with van der Waals surface area (Å²) in [6.07, 6.45) is 2.16. The number of piperidine rings is 1. The van der Waals surface area contributed by atoms with E-state index in [1.807, 2.05) is 30.3 Å². The highest BCUT2D eigenvalue weighted by Gasteiger charge is 2.32. The monoisotopic (exact) mass is 318 g/mol. The zero-order chi connectivity index (χ0) is 16.8. The number of amides is 2. The standard InChI is InChI=1S/C17H22N2O4/c1-12(17(22)23)11-18-16(21)15(13-7-3-2-4-8-13)19-10-6-5-9-14(19)20/h2-4,7-8,12,15H,5-6,9-11H2,1H3,(H,18,21)(H,22,23). The molecule has 0 spiro atoms. The second kappa shape index (κ2) is 7.76. The van der Waals surface area contributed by atoms with Gasteiger partial charge in [-0.2, -0.15) is 0 Å². The molecule has 1 heterocycles. The van der Waals surface area contributed by atoms with E-state index >= 15 is 0 Å². The van der Waals surface area contributed by atoms with Crippen molar-refractivity contribution in [3.8, 4) is 0 Å². The third kappa shape index (κ3) is 4.31. The highest BCUT2D eigenvalue weighted by molar-refractivity contribution is 5.89. The number of aliphatic carboxylic acids is 1. The number of benzene rings is 1. The molecule has 0 aromatic heterocycles. The molecule has 1 saturated heterocycles. The lowest BCUT2D eigenvalue weighted by Crippen LogP contribution is -2.46. The van der Waals surface area contributed by atoms with Crippen LogP contribution in [0.25, 0.3) is 0 Å². The first-order chi connectivity index (χ1) is 11.0. The number of hydrogen-bond donors (Lipinski definition) is 2. The highest BCUT2D eigenvalue weighted by atomic mass is 16.4. The molecule has 0 radical (unpaired) electrons. The second-order valence-electron chi connectivity index (χ2n) is 5.84. The molecule has 1 fully saturated rings. The topological polar surface area (TPSA) is 86.7 Å². The zero-order valence-electron chi connectivity index (χ0n) is 13.2. The molecule has 2 amide bonds. The van der Waals surface area contributed by atoms with E-state index in [-0.39, 0.29) is 18.4 Å². The quantitative estimate of drug-likeness (QED) is 0.833. The first-order valence-corrected chi connectivity index (χ1v) is 7.85. The average Bonchev–Trinajstić information content (AvgIpc) is 2.55. The number of hydrogen-bond acceptors (Lipinski definition) is 3. The third-order valence-corrected chi connectivity index (χ3v) is 4.04. The van der Waals surface area contributed by atoms with Gasteiger partial charge in [-0.3, -0.25) is 14.4 Å². The van der Waals surface area contributed by atoms with Crippen molar-refractivity contribution in [2.24, 2.45) is 5.92 Å². The summed E-state index contributed by atoms with van der Waals surface area (Å²) in [5.74, 6) is -2.01. The summed E-state index contributed by atoms with van der Waals surface area (Å²) in [6.45, 7) is 2.12. The summed E-state index contributed by atoms with van der Waals surface area (Å²) >= 11 is 0. The lowest BCUT2D eigenvalue weighted by atomic mass is 10.00. The minimum absolute atomic E-state index is 0.0356. The molecule has 2 unspecified atom stereocenters. The average molecular weight is 318 g/mol. The number of nitrogens with zero attached hydrogens (tertiary/aromatic N) is 1. The van der Waals surface area contributed by atoms with E-state index in [4.69, 9.17) is 5.11 Å². The maximum atomic E-state index is 12.6. The Bertz CT molecular complexity index is 573. The van der Waals surface area contributed by atoms with Crippen LogP contribution in [0.5, 0.6) is 0 Å². The molecule has 1 aliphatic heterocycles. The highest BCUT2D eigenvalue weighted by Crippen LogP contribution is 2.25. The number of rotatable bonds is 6. The van der Waals surface area contributed by atoms with Gasteiger partial charge in [0.05, 0.1) is 5.92 Å². The number of carbonyl (C=O) groups excluding carboxylic acids is 2. The number of carbonyl (C=O) groups is 3. The van der Waals surface area contributed by atoms with Gasteiger partial charge < -0.3 is 15.3 Å². The first kappa shape index (κ1) is 17.0. The van der Waals surface area contributed by atoms with Crippen molar-refractivity contribution < 1.29 is 19.5 Å². The molecule has 6 nitrogen and oxygen atoms in total. The number of carboxylic acids is 1. The maximum absolute atomic E-state index is 12.6. The van der Waals surface area contributed by atoms with E-state index in [1.54, 1.807) is 4.90 Å². The van der Waals surface area contributed by atoms with Crippen LogP contribution in [0, 0.1) is 5.92 Å². The van der Waals surface area contributed by atoms with Crippen molar-refractivity contribution >= 4 is 17.8 Å². The van der Waals surface area contributed by atoms with Crippen molar-refractivity contribution in [1.82, 2.24) is 10.2 Å². The Hall–Kier alpha value is -2.37. The van der Waals surface area contributed by atoms with Crippen LogP contribution in [0.3, 0.4) is 0 Å². The van der Waals surface area contributed by atoms with Crippen LogP contribution >= 0.6 is 0 Å². The van der Waals surface area contributed by atoms with Gasteiger partial charge >= 0.3 is 5.97 Å². The van der Waals surface area contributed by atoms with E-state index in [9.17, 15) is 14.4 Å². The van der Waals surface area contributed by atoms with Gasteiger partial charge in [0.25, 0.3) is 0 Å². The Morgan fingerprint density at radius 3 is 2.57 bits per heavy atom. The normalized spacial score (nSPS) is 17.4. The largest absolute Gasteiger partial charge is 0.481 e. The maximum Gasteiger partial charge on any atom is 0.308 e. The van der Waals surface area contributed by atoms with Gasteiger partial charge in [-0.15, -0.1) is 0 Å². The zero-order valence-corrected chi connectivity index (χ0v) is 13.2. The fraction of sp³-hybridized carbons (Fsp3) is 0.471. The summed E-state index contributed by atoms with van der Waals surface area (Å²) in [5, 5.41) is 11.6. The van der Waals surface area contributed by atoms with E-state index in [2.05, 4.69) is 5.32 Å². The van der Waals surface area contributed by atoms with Gasteiger partial charge in [-0.25, -0.2) is 0 Å². The summed E-state index contributed by atoms with van der Waals surface area (Å²) in [6, 6.07) is 8.42. The van der Waals surface area contributed by atoms with E-state index in [0.29, 0.717) is 13.0 Å². The predicted octanol–water partition coefficient (Wildman–Crippen LogP) is 1.58. The Morgan fingerprint density at radius 1 is 1.26 bits per heavy atom. The first-order valence-electron chi connectivity index (χ1n) is 7.85. The smallest absolute Gasteiger partial charge is 0.308 e. The second-order valence-corrected chi connectivity index (χ2v) is 5.84. The minimum Gasteiger partial charge on any atom is -0.481 e. The molecule has 0 bridgehead atoms. The summed E-state index contributed by atoms with van der Waals surface area (Å²) in [4.78, 5) is 37.3. The lowest BCUT2D eigenvalue weighted by Gasteiger charge is -2.34. The summed E-state index contributed by atoms with van der Waals surface area (Å²) in [5.41, 5.74) is 0.739. The molecule has 0 aliphatic carbocycles. The van der Waals surface area contributed by atoms with Crippen molar-refractivity contribution in [2.75, 3.05) is 13.1 Å². The van der Waals surface area contributed by atoms with Crippen LogP contribution in [-0.2, 0) is 14.4 Å². The van der Waals surface area contributed by atoms with Gasteiger partial charge in [0.1, 0.15) is 6.04 Å². The van der Waals surface area contributed by atoms with Crippen molar-refractivity contribution in [3.63, 3.8) is 0 Å². The molecule has 1 aromatic carbocycles. The van der Waals surface area contributed by atoms with Gasteiger partial charge in [0, 0.05) is 19.5 Å². The molecule has 23 heavy (non-hydrogen) atoms. The lowest BCUT2D eigenvalue weighted by molar-refractivity contribution is -0.144. The van der Waals surface area contributed by atoms with Gasteiger partial charge in [0.15, 0.2) is 0 Å². The predicted molar refractivity (Wildman–Crippen MR) is 84.6 cm³/mol. The molecule has 2 N–H and O–H groups in total. The number of likely N-dealkylation sites (tertiary alicyclic amines) is 1. The Morgan fingerprint density at radius 2 is 1.96 bits per heavy atom. The van der Waals surface area contributed by atoms with Crippen LogP contribution in [0.15, 0.2) is 30.3 Å². The van der Waals surface area contributed by atoms with Gasteiger partial charge in [0.2, 0.25) is 11.8 Å². The molecule has 124 valence electrons. The molecule has 1 aromatic rings. The van der Waals surface area contributed by atoms with E-state index < -0.39 is 17.9 Å². The fourth-order valence-corrected chi connectivity index (χ4v) is 2.65. The van der Waals surface area contributed by atoms with Crippen molar-refractivity contribution in [1.29, 1.82) is 0 Å². The molecule has 2 rings (SSSR count). The summed E-state index contributed by atoms with van der Waals surface area (Å²) < 4.78 is 0. The van der Waals surface area contributed by atoms with Crippen molar-refractivity contribution in [3.05, 3.63) is 35.9 Å². The molecule has 1 aliphatic rings. The van der Waals surface area contributed by atoms with E-state index in [0.717, 1.165) is 18.4 Å². The molecular formula is C17H22N2O4. The van der Waals surface area contributed by atoms with Gasteiger partial charge in [-0.05, 0) is 18.4 Å². The molecule has 0 saturated carbocycles. The minimum atomic E-state index is -0.962. The van der Waals surface area contributed by atoms with Crippen molar-refractivity contribution in [2.45, 2.75) is 32.2 Å². The molecule has 2 atom stereocenters. The molecule has 6 heteroatoms. The van der Waals surface area contributed by atoms with Crippen LogP contribution in [0.1, 0.15) is 37.8 Å². The fourth-order valence-electron chi connectivity index (χ4n) is 2.65. The van der Waals surface area contributed by atoms with Crippen LogP contribution in [-0.4, -0.2) is 40.9 Å². The van der Waals surface area contributed by atoms with Crippen LogP contribution < -0.4 is 5.32 Å². The third-order valence-electron chi connectivity index (χ3n) is 4.04. The summed E-state index contributed by atoms with van der Waals surface area (Å²) in [7, 11) is 0. The Labute approximate surface area is 135 Å². The Balaban J connectivity index is 2.18.